The normalized spacial score (nSPS) is 21.2. The Morgan fingerprint density at radius 3 is 2.33 bits per heavy atom. The lowest BCUT2D eigenvalue weighted by molar-refractivity contribution is 0.0532. The molecular weight excluding hydrogens is 222 g/mol. The van der Waals surface area contributed by atoms with Crippen LogP contribution in [0, 0.1) is 0 Å². The van der Waals surface area contributed by atoms with Crippen molar-refractivity contribution in [3.8, 4) is 0 Å². The molecule has 1 aromatic rings. The van der Waals surface area contributed by atoms with Crippen LogP contribution < -0.4 is 5.32 Å². The zero-order valence-corrected chi connectivity index (χ0v) is 11.4. The van der Waals surface area contributed by atoms with Crippen molar-refractivity contribution < 1.29 is 5.11 Å². The third-order valence-electron chi connectivity index (χ3n) is 3.99. The van der Waals surface area contributed by atoms with Crippen molar-refractivity contribution in [3.63, 3.8) is 0 Å². The van der Waals surface area contributed by atoms with E-state index in [0.29, 0.717) is 12.6 Å². The van der Waals surface area contributed by atoms with Gasteiger partial charge in [0.15, 0.2) is 0 Å². The van der Waals surface area contributed by atoms with Gasteiger partial charge >= 0.3 is 0 Å². The Labute approximate surface area is 110 Å². The summed E-state index contributed by atoms with van der Waals surface area (Å²) in [6.07, 6.45) is 7.90. The maximum atomic E-state index is 10.5. The third-order valence-corrected chi connectivity index (χ3v) is 3.99. The fourth-order valence-electron chi connectivity index (χ4n) is 2.73. The molecule has 1 fully saturated rings. The largest absolute Gasteiger partial charge is 0.384 e. The first-order chi connectivity index (χ1) is 8.68. The van der Waals surface area contributed by atoms with Crippen LogP contribution in [0.5, 0.6) is 0 Å². The molecule has 0 bridgehead atoms. The van der Waals surface area contributed by atoms with Gasteiger partial charge < -0.3 is 10.4 Å². The number of aliphatic hydroxyl groups is 1. The van der Waals surface area contributed by atoms with Crippen molar-refractivity contribution >= 4 is 0 Å². The maximum Gasteiger partial charge on any atom is 0.0992 e. The van der Waals surface area contributed by atoms with Gasteiger partial charge in [-0.1, -0.05) is 56.0 Å². The van der Waals surface area contributed by atoms with Gasteiger partial charge in [0.25, 0.3) is 0 Å². The summed E-state index contributed by atoms with van der Waals surface area (Å²) in [4.78, 5) is 0. The predicted molar refractivity (Wildman–Crippen MR) is 75.5 cm³/mol. The van der Waals surface area contributed by atoms with Crippen molar-refractivity contribution in [1.29, 1.82) is 0 Å². The molecule has 2 N–H and O–H groups in total. The molecular formula is C16H25NO. The number of hydrogen-bond donors (Lipinski definition) is 2. The van der Waals surface area contributed by atoms with Gasteiger partial charge in [-0.2, -0.15) is 0 Å². The first-order valence-electron chi connectivity index (χ1n) is 7.20. The van der Waals surface area contributed by atoms with E-state index < -0.39 is 5.60 Å². The van der Waals surface area contributed by atoms with Gasteiger partial charge in [-0.3, -0.25) is 0 Å². The molecule has 2 heteroatoms. The summed E-state index contributed by atoms with van der Waals surface area (Å²) in [6, 6.07) is 10.5. The molecule has 100 valence electrons. The van der Waals surface area contributed by atoms with Crippen molar-refractivity contribution in [3.05, 3.63) is 35.9 Å². The van der Waals surface area contributed by atoms with Gasteiger partial charge in [-0.25, -0.2) is 0 Å². The van der Waals surface area contributed by atoms with Gasteiger partial charge in [0.05, 0.1) is 5.60 Å². The number of hydrogen-bond acceptors (Lipinski definition) is 2. The van der Waals surface area contributed by atoms with Crippen LogP contribution in [0.25, 0.3) is 0 Å². The van der Waals surface area contributed by atoms with Crippen LogP contribution in [0.1, 0.15) is 51.0 Å². The molecule has 1 aromatic carbocycles. The summed E-state index contributed by atoms with van der Waals surface area (Å²) in [6.45, 7) is 2.54. The first kappa shape index (κ1) is 13.6. The quantitative estimate of drug-likeness (QED) is 0.801. The SMILES string of the molecule is CC(O)(CNC1CCCCCC1)c1ccccc1. The second kappa shape index (κ2) is 6.35. The Kier molecular flexibility index (Phi) is 4.79. The molecule has 1 unspecified atom stereocenters. The lowest BCUT2D eigenvalue weighted by Crippen LogP contribution is -2.40. The Hall–Kier alpha value is -0.860. The van der Waals surface area contributed by atoms with Crippen LogP contribution in [0.15, 0.2) is 30.3 Å². The van der Waals surface area contributed by atoms with E-state index in [1.807, 2.05) is 37.3 Å². The monoisotopic (exact) mass is 247 g/mol. The molecule has 0 aromatic heterocycles. The molecule has 0 spiro atoms. The van der Waals surface area contributed by atoms with E-state index in [0.717, 1.165) is 5.56 Å². The van der Waals surface area contributed by atoms with E-state index >= 15 is 0 Å². The smallest absolute Gasteiger partial charge is 0.0992 e. The highest BCUT2D eigenvalue weighted by Crippen LogP contribution is 2.21. The summed E-state index contributed by atoms with van der Waals surface area (Å²) in [5.74, 6) is 0. The van der Waals surface area contributed by atoms with Crippen molar-refractivity contribution in [2.45, 2.75) is 57.1 Å². The number of benzene rings is 1. The number of nitrogens with one attached hydrogen (secondary N) is 1. The van der Waals surface area contributed by atoms with E-state index in [-0.39, 0.29) is 0 Å². The molecule has 0 saturated heterocycles. The summed E-state index contributed by atoms with van der Waals surface area (Å²) in [5, 5.41) is 14.1. The van der Waals surface area contributed by atoms with E-state index in [9.17, 15) is 5.11 Å². The molecule has 0 radical (unpaired) electrons. The Bertz CT molecular complexity index is 339. The van der Waals surface area contributed by atoms with Crippen molar-refractivity contribution in [2.24, 2.45) is 0 Å². The highest BCUT2D eigenvalue weighted by Gasteiger charge is 2.24. The molecule has 18 heavy (non-hydrogen) atoms. The summed E-state index contributed by atoms with van der Waals surface area (Å²) >= 11 is 0. The fourth-order valence-corrected chi connectivity index (χ4v) is 2.73. The Morgan fingerprint density at radius 1 is 1.11 bits per heavy atom. The lowest BCUT2D eigenvalue weighted by atomic mass is 9.95. The lowest BCUT2D eigenvalue weighted by Gasteiger charge is -2.27. The van der Waals surface area contributed by atoms with Crippen LogP contribution in [-0.2, 0) is 5.60 Å². The summed E-state index contributed by atoms with van der Waals surface area (Å²) in [5.41, 5.74) is 0.222. The third kappa shape index (κ3) is 3.82. The van der Waals surface area contributed by atoms with Crippen LogP contribution in [0.3, 0.4) is 0 Å². The van der Waals surface area contributed by atoms with Crippen molar-refractivity contribution in [2.75, 3.05) is 6.54 Å². The first-order valence-corrected chi connectivity index (χ1v) is 7.20. The molecule has 1 saturated carbocycles. The molecule has 2 nitrogen and oxygen atoms in total. The van der Waals surface area contributed by atoms with Gasteiger partial charge in [-0.15, -0.1) is 0 Å². The van der Waals surface area contributed by atoms with E-state index in [2.05, 4.69) is 5.32 Å². The summed E-state index contributed by atoms with van der Waals surface area (Å²) in [7, 11) is 0. The van der Waals surface area contributed by atoms with Crippen LogP contribution in [-0.4, -0.2) is 17.7 Å². The molecule has 0 heterocycles. The molecule has 1 atom stereocenters. The summed E-state index contributed by atoms with van der Waals surface area (Å²) < 4.78 is 0. The highest BCUT2D eigenvalue weighted by molar-refractivity contribution is 5.21. The minimum atomic E-state index is -0.770. The van der Waals surface area contributed by atoms with Gasteiger partial charge in [0.1, 0.15) is 0 Å². The fraction of sp³-hybridized carbons (Fsp3) is 0.625. The molecule has 2 rings (SSSR count). The van der Waals surface area contributed by atoms with Crippen LogP contribution in [0.4, 0.5) is 0 Å². The zero-order valence-electron chi connectivity index (χ0n) is 11.4. The molecule has 0 amide bonds. The maximum absolute atomic E-state index is 10.5. The minimum Gasteiger partial charge on any atom is -0.384 e. The van der Waals surface area contributed by atoms with Crippen LogP contribution >= 0.6 is 0 Å². The molecule has 1 aliphatic carbocycles. The average molecular weight is 247 g/mol. The molecule has 1 aliphatic rings. The molecule has 0 aliphatic heterocycles. The Morgan fingerprint density at radius 2 is 1.72 bits per heavy atom. The van der Waals surface area contributed by atoms with E-state index in [1.54, 1.807) is 0 Å². The second-order valence-corrected chi connectivity index (χ2v) is 5.71. The number of rotatable bonds is 4. The van der Waals surface area contributed by atoms with E-state index in [1.165, 1.54) is 38.5 Å². The minimum absolute atomic E-state index is 0.586. The van der Waals surface area contributed by atoms with Gasteiger partial charge in [-0.05, 0) is 25.3 Å². The van der Waals surface area contributed by atoms with Crippen molar-refractivity contribution in [1.82, 2.24) is 5.32 Å². The standard InChI is InChI=1S/C16H25NO/c1-16(18,14-9-5-4-6-10-14)13-17-15-11-7-2-3-8-12-15/h4-6,9-10,15,17-18H,2-3,7-8,11-13H2,1H3. The van der Waals surface area contributed by atoms with Gasteiger partial charge in [0.2, 0.25) is 0 Å². The Balaban J connectivity index is 1.88. The van der Waals surface area contributed by atoms with Gasteiger partial charge in [0, 0.05) is 12.6 Å². The van der Waals surface area contributed by atoms with Crippen LogP contribution in [0.2, 0.25) is 0 Å². The predicted octanol–water partition coefficient (Wildman–Crippen LogP) is 3.21. The zero-order chi connectivity index (χ0) is 12.8. The topological polar surface area (TPSA) is 32.3 Å². The second-order valence-electron chi connectivity index (χ2n) is 5.71. The average Bonchev–Trinajstić information content (AvgIpc) is 2.66. The van der Waals surface area contributed by atoms with E-state index in [4.69, 9.17) is 0 Å². The highest BCUT2D eigenvalue weighted by atomic mass is 16.3.